The van der Waals surface area contributed by atoms with Gasteiger partial charge in [-0.15, -0.1) is 0 Å². The molecule has 29 heavy (non-hydrogen) atoms. The van der Waals surface area contributed by atoms with Gasteiger partial charge in [0.05, 0.1) is 13.2 Å². The molecule has 1 aliphatic heterocycles. The molecule has 1 N–H and O–H groups in total. The fourth-order valence-electron chi connectivity index (χ4n) is 3.80. The SMILES string of the molecule is Cc1cc(C)cc(NC(=S)N(CCCN2CCOCC2)Cc2ccccc2C)c1. The minimum atomic E-state index is 0.792. The molecule has 0 spiro atoms. The Bertz CT molecular complexity index is 797. The maximum atomic E-state index is 5.84. The van der Waals surface area contributed by atoms with Crippen LogP contribution in [-0.2, 0) is 11.3 Å². The molecule has 1 heterocycles. The van der Waals surface area contributed by atoms with Crippen molar-refractivity contribution in [1.29, 1.82) is 0 Å². The van der Waals surface area contributed by atoms with Crippen LogP contribution in [0.4, 0.5) is 5.69 Å². The third-order valence-corrected chi connectivity index (χ3v) is 5.75. The number of morpholine rings is 1. The Morgan fingerprint density at radius 2 is 1.76 bits per heavy atom. The molecule has 0 radical (unpaired) electrons. The van der Waals surface area contributed by atoms with Crippen molar-refractivity contribution < 1.29 is 4.74 Å². The second kappa shape index (κ2) is 10.7. The molecule has 0 unspecified atom stereocenters. The molecule has 2 aromatic carbocycles. The van der Waals surface area contributed by atoms with E-state index in [2.05, 4.69) is 78.4 Å². The van der Waals surface area contributed by atoms with E-state index in [0.29, 0.717) is 0 Å². The topological polar surface area (TPSA) is 27.7 Å². The van der Waals surface area contributed by atoms with Gasteiger partial charge in [0.15, 0.2) is 5.11 Å². The molecule has 0 atom stereocenters. The number of hydrogen-bond acceptors (Lipinski definition) is 3. The van der Waals surface area contributed by atoms with Crippen molar-refractivity contribution >= 4 is 23.0 Å². The first-order valence-corrected chi connectivity index (χ1v) is 10.9. The molecule has 0 saturated carbocycles. The first-order chi connectivity index (χ1) is 14.0. The zero-order valence-electron chi connectivity index (χ0n) is 17.9. The number of ether oxygens (including phenoxy) is 1. The molecular weight excluding hydrogens is 378 g/mol. The van der Waals surface area contributed by atoms with Gasteiger partial charge in [0.1, 0.15) is 0 Å². The lowest BCUT2D eigenvalue weighted by Crippen LogP contribution is -2.40. The predicted molar refractivity (Wildman–Crippen MR) is 126 cm³/mol. The highest BCUT2D eigenvalue weighted by molar-refractivity contribution is 7.80. The Morgan fingerprint density at radius 1 is 1.07 bits per heavy atom. The lowest BCUT2D eigenvalue weighted by atomic mass is 10.1. The maximum Gasteiger partial charge on any atom is 0.173 e. The van der Waals surface area contributed by atoms with E-state index in [1.807, 2.05) is 0 Å². The predicted octanol–water partition coefficient (Wildman–Crippen LogP) is 4.53. The zero-order valence-corrected chi connectivity index (χ0v) is 18.7. The third kappa shape index (κ3) is 6.81. The molecule has 1 fully saturated rings. The first-order valence-electron chi connectivity index (χ1n) is 10.5. The van der Waals surface area contributed by atoms with Crippen LogP contribution in [0.2, 0.25) is 0 Å². The highest BCUT2D eigenvalue weighted by Gasteiger charge is 2.14. The summed E-state index contributed by atoms with van der Waals surface area (Å²) < 4.78 is 5.46. The summed E-state index contributed by atoms with van der Waals surface area (Å²) in [4.78, 5) is 4.78. The summed E-state index contributed by atoms with van der Waals surface area (Å²) in [6.45, 7) is 13.0. The van der Waals surface area contributed by atoms with Gasteiger partial charge in [-0.3, -0.25) is 4.90 Å². The minimum absolute atomic E-state index is 0.792. The van der Waals surface area contributed by atoms with Crippen molar-refractivity contribution in [3.8, 4) is 0 Å². The number of benzene rings is 2. The van der Waals surface area contributed by atoms with Crippen LogP contribution in [0.15, 0.2) is 42.5 Å². The summed E-state index contributed by atoms with van der Waals surface area (Å²) in [5, 5.41) is 4.27. The monoisotopic (exact) mass is 411 g/mol. The summed E-state index contributed by atoms with van der Waals surface area (Å²) >= 11 is 5.84. The number of anilines is 1. The summed E-state index contributed by atoms with van der Waals surface area (Å²) in [6.07, 6.45) is 1.08. The van der Waals surface area contributed by atoms with Crippen LogP contribution in [0.25, 0.3) is 0 Å². The normalized spacial score (nSPS) is 14.6. The molecule has 2 aromatic rings. The fraction of sp³-hybridized carbons (Fsp3) is 0.458. The molecule has 3 rings (SSSR count). The number of nitrogens with one attached hydrogen (secondary N) is 1. The molecular formula is C24H33N3OS. The van der Waals surface area contributed by atoms with E-state index in [-0.39, 0.29) is 0 Å². The second-order valence-corrected chi connectivity index (χ2v) is 8.35. The average Bonchev–Trinajstić information content (AvgIpc) is 2.68. The first kappa shape index (κ1) is 21.8. The molecule has 5 heteroatoms. The Morgan fingerprint density at radius 3 is 2.45 bits per heavy atom. The van der Waals surface area contributed by atoms with Gasteiger partial charge in [0.25, 0.3) is 0 Å². The van der Waals surface area contributed by atoms with E-state index < -0.39 is 0 Å². The van der Waals surface area contributed by atoms with Gasteiger partial charge in [-0.05, 0) is 73.8 Å². The van der Waals surface area contributed by atoms with E-state index >= 15 is 0 Å². The van der Waals surface area contributed by atoms with Crippen molar-refractivity contribution in [3.05, 3.63) is 64.7 Å². The van der Waals surface area contributed by atoms with Gasteiger partial charge >= 0.3 is 0 Å². The third-order valence-electron chi connectivity index (χ3n) is 5.39. The quantitative estimate of drug-likeness (QED) is 0.676. The average molecular weight is 412 g/mol. The summed E-state index contributed by atoms with van der Waals surface area (Å²) in [7, 11) is 0. The summed E-state index contributed by atoms with van der Waals surface area (Å²) in [5.74, 6) is 0. The molecule has 1 aliphatic rings. The minimum Gasteiger partial charge on any atom is -0.379 e. The maximum absolute atomic E-state index is 5.84. The van der Waals surface area contributed by atoms with Gasteiger partial charge in [-0.25, -0.2) is 0 Å². The Labute approximate surface area is 180 Å². The van der Waals surface area contributed by atoms with Crippen LogP contribution >= 0.6 is 12.2 Å². The van der Waals surface area contributed by atoms with Crippen molar-refractivity contribution in [3.63, 3.8) is 0 Å². The highest BCUT2D eigenvalue weighted by Crippen LogP contribution is 2.17. The van der Waals surface area contributed by atoms with E-state index in [0.717, 1.165) is 63.2 Å². The van der Waals surface area contributed by atoms with Crippen LogP contribution < -0.4 is 5.32 Å². The standard InChI is InChI=1S/C24H33N3OS/c1-19-15-20(2)17-23(16-19)25-24(29)27(18-22-8-5-4-7-21(22)3)10-6-9-26-11-13-28-14-12-26/h4-5,7-8,15-17H,6,9-14,18H2,1-3H3,(H,25,29). The second-order valence-electron chi connectivity index (χ2n) is 7.96. The number of rotatable bonds is 7. The zero-order chi connectivity index (χ0) is 20.6. The van der Waals surface area contributed by atoms with E-state index in [1.165, 1.54) is 22.3 Å². The molecule has 0 amide bonds. The summed E-state index contributed by atoms with van der Waals surface area (Å²) in [5.41, 5.74) is 6.18. The number of hydrogen-bond donors (Lipinski definition) is 1. The van der Waals surface area contributed by atoms with Crippen LogP contribution in [0, 0.1) is 20.8 Å². The van der Waals surface area contributed by atoms with Crippen LogP contribution in [0.5, 0.6) is 0 Å². The largest absolute Gasteiger partial charge is 0.379 e. The van der Waals surface area contributed by atoms with Gasteiger partial charge in [0, 0.05) is 38.4 Å². The van der Waals surface area contributed by atoms with Crippen molar-refractivity contribution in [2.45, 2.75) is 33.7 Å². The Balaban J connectivity index is 1.66. The lowest BCUT2D eigenvalue weighted by molar-refractivity contribution is 0.0368. The fourth-order valence-corrected chi connectivity index (χ4v) is 4.08. The molecule has 0 aliphatic carbocycles. The van der Waals surface area contributed by atoms with Crippen LogP contribution in [-0.4, -0.2) is 54.3 Å². The number of aryl methyl sites for hydroxylation is 3. The van der Waals surface area contributed by atoms with Crippen molar-refractivity contribution in [2.75, 3.05) is 44.7 Å². The van der Waals surface area contributed by atoms with Gasteiger partial charge < -0.3 is 15.0 Å². The number of nitrogens with zero attached hydrogens (tertiary/aromatic N) is 2. The molecule has 156 valence electrons. The lowest BCUT2D eigenvalue weighted by Gasteiger charge is -2.30. The summed E-state index contributed by atoms with van der Waals surface area (Å²) in [6, 6.07) is 15.0. The Hall–Kier alpha value is -1.95. The smallest absolute Gasteiger partial charge is 0.173 e. The number of thiocarbonyl (C=S) groups is 1. The van der Waals surface area contributed by atoms with Crippen LogP contribution in [0.3, 0.4) is 0 Å². The van der Waals surface area contributed by atoms with E-state index in [4.69, 9.17) is 17.0 Å². The molecule has 4 nitrogen and oxygen atoms in total. The van der Waals surface area contributed by atoms with Crippen LogP contribution in [0.1, 0.15) is 28.7 Å². The van der Waals surface area contributed by atoms with E-state index in [9.17, 15) is 0 Å². The molecule has 0 aromatic heterocycles. The molecule has 1 saturated heterocycles. The highest BCUT2D eigenvalue weighted by atomic mass is 32.1. The van der Waals surface area contributed by atoms with Gasteiger partial charge in [0.2, 0.25) is 0 Å². The van der Waals surface area contributed by atoms with Gasteiger partial charge in [-0.1, -0.05) is 30.3 Å². The van der Waals surface area contributed by atoms with Crippen molar-refractivity contribution in [1.82, 2.24) is 9.80 Å². The van der Waals surface area contributed by atoms with Crippen molar-refractivity contribution in [2.24, 2.45) is 0 Å². The van der Waals surface area contributed by atoms with Gasteiger partial charge in [-0.2, -0.15) is 0 Å². The Kier molecular flexibility index (Phi) is 8.04. The van der Waals surface area contributed by atoms with E-state index in [1.54, 1.807) is 0 Å². The molecule has 0 bridgehead atoms.